The van der Waals surface area contributed by atoms with Crippen molar-refractivity contribution in [2.45, 2.75) is 78.1 Å². The van der Waals surface area contributed by atoms with Crippen LogP contribution < -0.4 is 0 Å². The van der Waals surface area contributed by atoms with Crippen LogP contribution in [-0.2, 0) is 9.59 Å². The Bertz CT molecular complexity index is 916. The van der Waals surface area contributed by atoms with Gasteiger partial charge in [-0.2, -0.15) is 0 Å². The molecule has 0 bridgehead atoms. The fourth-order valence-corrected chi connectivity index (χ4v) is 4.17. The van der Waals surface area contributed by atoms with Gasteiger partial charge in [-0.05, 0) is 62.8 Å². The van der Waals surface area contributed by atoms with E-state index in [0.717, 1.165) is 25.7 Å². The van der Waals surface area contributed by atoms with Crippen molar-refractivity contribution in [2.24, 2.45) is 9.98 Å². The Hall–Kier alpha value is -3.02. The number of aliphatic imine (C=N–C) groups is 2. The molecule has 1 aromatic rings. The summed E-state index contributed by atoms with van der Waals surface area (Å²) in [6.07, 6.45) is 6.13. The molecular formula is C26H32N2O4. The molecule has 6 nitrogen and oxygen atoms in total. The molecule has 2 aliphatic rings. The van der Waals surface area contributed by atoms with Crippen molar-refractivity contribution in [3.63, 3.8) is 0 Å². The number of hydrogen-bond acceptors (Lipinski definition) is 6. The minimum absolute atomic E-state index is 0.0443. The number of benzene rings is 1. The second kappa shape index (κ2) is 11.0. The zero-order valence-electron chi connectivity index (χ0n) is 19.0. The number of carbonyl (C=O) groups excluding carboxylic acids is 2. The van der Waals surface area contributed by atoms with Gasteiger partial charge in [0.1, 0.15) is 11.5 Å². The molecule has 2 N–H and O–H groups in total. The summed E-state index contributed by atoms with van der Waals surface area (Å²) in [5, 5.41) is 20.7. The minimum Gasteiger partial charge on any atom is -0.511 e. The van der Waals surface area contributed by atoms with E-state index in [1.165, 1.54) is 0 Å². The lowest BCUT2D eigenvalue weighted by Crippen LogP contribution is -2.21. The van der Waals surface area contributed by atoms with Crippen LogP contribution in [0.15, 0.2) is 56.9 Å². The molecular weight excluding hydrogens is 404 g/mol. The first-order valence-electron chi connectivity index (χ1n) is 11.6. The monoisotopic (exact) mass is 436 g/mol. The lowest BCUT2D eigenvalue weighted by molar-refractivity contribution is -0.116. The maximum absolute atomic E-state index is 12.4. The van der Waals surface area contributed by atoms with Crippen molar-refractivity contribution in [3.05, 3.63) is 46.9 Å². The molecule has 0 aliphatic heterocycles. The van der Waals surface area contributed by atoms with E-state index >= 15 is 0 Å². The summed E-state index contributed by atoms with van der Waals surface area (Å²) in [5.41, 5.74) is 3.40. The van der Waals surface area contributed by atoms with E-state index in [4.69, 9.17) is 0 Å². The highest BCUT2D eigenvalue weighted by molar-refractivity contribution is 6.25. The van der Waals surface area contributed by atoms with Crippen molar-refractivity contribution in [1.29, 1.82) is 0 Å². The number of Topliss-reactive ketones (excluding diaryl/α,β-unsaturated/α-hetero) is 2. The Morgan fingerprint density at radius 3 is 1.44 bits per heavy atom. The van der Waals surface area contributed by atoms with Crippen molar-refractivity contribution in [2.75, 3.05) is 0 Å². The maximum atomic E-state index is 12.4. The molecule has 0 heterocycles. The Kier molecular flexibility index (Phi) is 8.14. The molecule has 0 amide bonds. The van der Waals surface area contributed by atoms with Gasteiger partial charge in [-0.3, -0.25) is 19.6 Å². The van der Waals surface area contributed by atoms with Crippen LogP contribution in [0.4, 0.5) is 11.4 Å². The summed E-state index contributed by atoms with van der Waals surface area (Å²) in [6, 6.07) is 7.28. The van der Waals surface area contributed by atoms with E-state index < -0.39 is 0 Å². The molecule has 6 heteroatoms. The molecule has 0 aromatic heterocycles. The zero-order chi connectivity index (χ0) is 23.1. The predicted octanol–water partition coefficient (Wildman–Crippen LogP) is 6.56. The molecule has 3 rings (SSSR count). The third-order valence-corrected chi connectivity index (χ3v) is 5.70. The van der Waals surface area contributed by atoms with Crippen LogP contribution in [0.25, 0.3) is 0 Å². The fraction of sp³-hybridized carbons (Fsp3) is 0.462. The molecule has 2 fully saturated rings. The summed E-state index contributed by atoms with van der Waals surface area (Å²) in [4.78, 5) is 34.0. The molecule has 1 aromatic carbocycles. The lowest BCUT2D eigenvalue weighted by Gasteiger charge is -2.18. The van der Waals surface area contributed by atoms with E-state index in [0.29, 0.717) is 72.5 Å². The van der Waals surface area contributed by atoms with E-state index in [2.05, 4.69) is 9.98 Å². The topological polar surface area (TPSA) is 99.3 Å². The van der Waals surface area contributed by atoms with Gasteiger partial charge in [0.2, 0.25) is 0 Å². The molecule has 0 unspecified atom stereocenters. The first-order valence-corrected chi connectivity index (χ1v) is 11.6. The quantitative estimate of drug-likeness (QED) is 0.389. The molecule has 32 heavy (non-hydrogen) atoms. The Morgan fingerprint density at radius 2 is 1.09 bits per heavy atom. The van der Waals surface area contributed by atoms with Gasteiger partial charge in [0.05, 0.1) is 33.9 Å². The Labute approximate surface area is 189 Å². The van der Waals surface area contributed by atoms with E-state index in [1.54, 1.807) is 0 Å². The van der Waals surface area contributed by atoms with Crippen LogP contribution in [0.5, 0.6) is 0 Å². The summed E-state index contributed by atoms with van der Waals surface area (Å²) < 4.78 is 0. The largest absolute Gasteiger partial charge is 0.511 e. The first kappa shape index (κ1) is 23.6. The van der Waals surface area contributed by atoms with E-state index in [1.807, 2.05) is 38.1 Å². The summed E-state index contributed by atoms with van der Waals surface area (Å²) >= 11 is 0. The van der Waals surface area contributed by atoms with Gasteiger partial charge >= 0.3 is 0 Å². The standard InChI is InChI=1S/C26H32N2O4/c1-3-7-21(29)25-19(9-5-11-23(25)31)27-17-13-15-18(16-14-17)28-20-10-6-12-24(32)26(20)22(30)8-4-2/h13-16,29-30H,3-12H2,1-2H3. The van der Waals surface area contributed by atoms with Gasteiger partial charge < -0.3 is 10.2 Å². The fourth-order valence-electron chi connectivity index (χ4n) is 4.17. The van der Waals surface area contributed by atoms with Crippen LogP contribution in [0, 0.1) is 0 Å². The van der Waals surface area contributed by atoms with Gasteiger partial charge in [-0.1, -0.05) is 13.8 Å². The smallest absolute Gasteiger partial charge is 0.168 e. The Balaban J connectivity index is 1.89. The minimum atomic E-state index is -0.0443. The number of nitrogens with zero attached hydrogens (tertiary/aromatic N) is 2. The molecule has 170 valence electrons. The number of aliphatic hydroxyl groups excluding tert-OH is 2. The number of ketones is 2. The molecule has 0 spiro atoms. The third-order valence-electron chi connectivity index (χ3n) is 5.70. The lowest BCUT2D eigenvalue weighted by atomic mass is 9.89. The van der Waals surface area contributed by atoms with Crippen molar-refractivity contribution >= 4 is 34.4 Å². The number of hydrogen-bond donors (Lipinski definition) is 2. The highest BCUT2D eigenvalue weighted by Crippen LogP contribution is 2.28. The number of allylic oxidation sites excluding steroid dienone is 4. The number of carbonyl (C=O) groups is 2. The molecule has 0 radical (unpaired) electrons. The highest BCUT2D eigenvalue weighted by atomic mass is 16.3. The molecule has 2 aliphatic carbocycles. The predicted molar refractivity (Wildman–Crippen MR) is 127 cm³/mol. The summed E-state index contributed by atoms with van der Waals surface area (Å²) in [6.45, 7) is 3.92. The first-order chi connectivity index (χ1) is 15.4. The average Bonchev–Trinajstić information content (AvgIpc) is 2.75. The second-order valence-corrected chi connectivity index (χ2v) is 8.33. The average molecular weight is 437 g/mol. The summed E-state index contributed by atoms with van der Waals surface area (Å²) in [7, 11) is 0. The molecule has 0 saturated heterocycles. The normalized spacial score (nSPS) is 23.1. The van der Waals surface area contributed by atoms with E-state index in [9.17, 15) is 19.8 Å². The van der Waals surface area contributed by atoms with Crippen molar-refractivity contribution < 1.29 is 19.8 Å². The second-order valence-electron chi connectivity index (χ2n) is 8.33. The van der Waals surface area contributed by atoms with Gasteiger partial charge in [-0.15, -0.1) is 0 Å². The van der Waals surface area contributed by atoms with Gasteiger partial charge in [0, 0.05) is 25.7 Å². The number of rotatable bonds is 6. The van der Waals surface area contributed by atoms with Crippen LogP contribution in [-0.4, -0.2) is 33.2 Å². The van der Waals surface area contributed by atoms with Crippen LogP contribution in [0.3, 0.4) is 0 Å². The summed E-state index contributed by atoms with van der Waals surface area (Å²) in [5.74, 6) is 0.175. The SMILES string of the molecule is CCCC(O)=C1C(=O)CCCC1=Nc1ccc(N=C2CCCC(=O)C2=C(O)CCC)cc1. The van der Waals surface area contributed by atoms with Gasteiger partial charge in [0.15, 0.2) is 11.6 Å². The zero-order valence-corrected chi connectivity index (χ0v) is 19.0. The van der Waals surface area contributed by atoms with Crippen molar-refractivity contribution in [3.8, 4) is 0 Å². The maximum Gasteiger partial charge on any atom is 0.168 e. The number of aliphatic hydroxyl groups is 2. The van der Waals surface area contributed by atoms with Crippen molar-refractivity contribution in [1.82, 2.24) is 0 Å². The van der Waals surface area contributed by atoms with Gasteiger partial charge in [-0.25, -0.2) is 0 Å². The third kappa shape index (κ3) is 5.61. The van der Waals surface area contributed by atoms with Crippen LogP contribution in [0.2, 0.25) is 0 Å². The Morgan fingerprint density at radius 1 is 0.719 bits per heavy atom. The highest BCUT2D eigenvalue weighted by Gasteiger charge is 2.26. The van der Waals surface area contributed by atoms with Crippen LogP contribution in [0.1, 0.15) is 78.1 Å². The van der Waals surface area contributed by atoms with Gasteiger partial charge in [0.25, 0.3) is 0 Å². The van der Waals surface area contributed by atoms with Crippen LogP contribution >= 0.6 is 0 Å². The molecule has 0 atom stereocenters. The molecule has 2 saturated carbocycles. The van der Waals surface area contributed by atoms with E-state index in [-0.39, 0.29) is 23.1 Å².